The van der Waals surface area contributed by atoms with E-state index in [4.69, 9.17) is 0 Å². The van der Waals surface area contributed by atoms with Crippen LogP contribution in [0.2, 0.25) is 0 Å². The van der Waals surface area contributed by atoms with Gasteiger partial charge in [-0.1, -0.05) is 0 Å². The van der Waals surface area contributed by atoms with Gasteiger partial charge in [0.15, 0.2) is 0 Å². The summed E-state index contributed by atoms with van der Waals surface area (Å²) in [4.78, 5) is 0. The van der Waals surface area contributed by atoms with E-state index < -0.39 is 0 Å². The van der Waals surface area contributed by atoms with Gasteiger partial charge in [0.1, 0.15) is 0 Å². The maximum atomic E-state index is 9.62. The van der Waals surface area contributed by atoms with Crippen LogP contribution in [0.25, 0.3) is 0 Å². The number of hydrogen-bond donors (Lipinski definition) is 0. The predicted molar refractivity (Wildman–Crippen MR) is 16.8 cm³/mol. The van der Waals surface area contributed by atoms with E-state index in [1.54, 1.807) is 0 Å². The molecule has 0 saturated carbocycles. The molecule has 0 nitrogen and oxygen atoms in total. The summed E-state index contributed by atoms with van der Waals surface area (Å²) in [7, 11) is 0. The van der Waals surface area contributed by atoms with E-state index >= 15 is 0 Å². The Morgan fingerprint density at radius 2 is 1.40 bits per heavy atom. The summed E-state index contributed by atoms with van der Waals surface area (Å²) < 4.78 is 9.62. The zero-order valence-corrected chi connectivity index (χ0v) is 6.63. The Balaban J connectivity index is 0. The van der Waals surface area contributed by atoms with Crippen molar-refractivity contribution in [3.8, 4) is 0 Å². The third-order valence-electron chi connectivity index (χ3n) is 0. The van der Waals surface area contributed by atoms with Crippen molar-refractivity contribution in [2.75, 3.05) is 0 Å². The topological polar surface area (TPSA) is 0 Å². The van der Waals surface area contributed by atoms with Crippen LogP contribution in [0.5, 0.6) is 0 Å². The fourth-order valence-corrected chi connectivity index (χ4v) is 0. The number of hydrogen-bond acceptors (Lipinski definition) is 0. The molecule has 0 aromatic heterocycles. The molecule has 2 heteroatoms. The molecule has 0 aromatic carbocycles. The molecule has 0 atom stereocenters. The van der Waals surface area contributed by atoms with E-state index in [9.17, 15) is 3.32 Å². The molecule has 0 bridgehead atoms. The van der Waals surface area contributed by atoms with Crippen molar-refractivity contribution in [3.05, 3.63) is 6.42 Å². The molecule has 0 rings (SSSR count). The van der Waals surface area contributed by atoms with Crippen molar-refractivity contribution in [3.63, 3.8) is 0 Å². The van der Waals surface area contributed by atoms with Crippen LogP contribution in [0.4, 0.5) is 3.32 Å². The molecule has 0 saturated heterocycles. The van der Waals surface area contributed by atoms with Gasteiger partial charge in [-0.25, -0.2) is 0 Å². The van der Waals surface area contributed by atoms with Gasteiger partial charge in [0.25, 0.3) is 0 Å². The molecule has 0 aromatic rings. The maximum absolute atomic E-state index is 9.62. The predicted octanol–water partition coefficient (Wildman–Crippen LogP) is 1.65. The Morgan fingerprint density at radius 1 is 1.40 bits per heavy atom. The summed E-state index contributed by atoms with van der Waals surface area (Å²) in [6, 6.07) is 0. The molecule has 0 fully saturated rings. The molecular formula is C3H7FZn. The van der Waals surface area contributed by atoms with E-state index in [0.717, 1.165) is 0 Å². The first-order valence-electron chi connectivity index (χ1n) is 1.42. The first kappa shape index (κ1) is 9.12. The number of halogens is 1. The molecule has 0 amide bonds. The standard InChI is InChI=1S/C3H7.FH.Zn/c1-3-2;;/h3H,1-2H3;1H;/q-1;;+2/p-1. The van der Waals surface area contributed by atoms with Gasteiger partial charge in [-0.15, -0.1) is 0 Å². The Labute approximate surface area is 43.0 Å². The third kappa shape index (κ3) is 96.9. The molecule has 0 aliphatic carbocycles. The second kappa shape index (κ2) is 23.8. The van der Waals surface area contributed by atoms with Gasteiger partial charge in [-0.05, 0) is 0 Å². The quantitative estimate of drug-likeness (QED) is 0.343. The molecule has 0 unspecified atom stereocenters. The fourth-order valence-electron chi connectivity index (χ4n) is 0. The molecular weight excluding hydrogens is 120 g/mol. The van der Waals surface area contributed by atoms with Gasteiger partial charge in [0.05, 0.1) is 0 Å². The zero-order chi connectivity index (χ0) is 4.71. The number of rotatable bonds is 0. The van der Waals surface area contributed by atoms with Gasteiger partial charge in [-0.3, -0.25) is 0 Å². The molecule has 0 aliphatic heterocycles. The summed E-state index contributed by atoms with van der Waals surface area (Å²) >= 11 is -0.125. The van der Waals surface area contributed by atoms with Crippen LogP contribution in [0, 0.1) is 6.42 Å². The van der Waals surface area contributed by atoms with Crippen molar-refractivity contribution < 1.29 is 22.1 Å². The van der Waals surface area contributed by atoms with Crippen LogP contribution < -0.4 is 0 Å². The zero-order valence-electron chi connectivity index (χ0n) is 3.66. The molecule has 0 spiro atoms. The summed E-state index contributed by atoms with van der Waals surface area (Å²) in [5.74, 6) is 0. The third-order valence-corrected chi connectivity index (χ3v) is 0. The normalized spacial score (nSPS) is 5.00. The van der Waals surface area contributed by atoms with Crippen LogP contribution in [0.15, 0.2) is 0 Å². The molecule has 0 heterocycles. The molecule has 5 heavy (non-hydrogen) atoms. The van der Waals surface area contributed by atoms with E-state index in [1.165, 1.54) is 0 Å². The average Bonchev–Trinajstić information content (AvgIpc) is 1.46. The molecule has 0 aliphatic rings. The molecule has 28 valence electrons. The van der Waals surface area contributed by atoms with Crippen molar-refractivity contribution in [1.82, 2.24) is 0 Å². The van der Waals surface area contributed by atoms with E-state index in [0.29, 0.717) is 0 Å². The van der Waals surface area contributed by atoms with Crippen LogP contribution in [-0.2, 0) is 18.8 Å². The van der Waals surface area contributed by atoms with Gasteiger partial charge in [0.2, 0.25) is 0 Å². The summed E-state index contributed by atoms with van der Waals surface area (Å²) in [6.45, 7) is 4.00. The molecule has 0 N–H and O–H groups in total. The summed E-state index contributed by atoms with van der Waals surface area (Å²) in [5, 5.41) is 0. The van der Waals surface area contributed by atoms with Crippen molar-refractivity contribution in [2.45, 2.75) is 13.8 Å². The van der Waals surface area contributed by atoms with Crippen molar-refractivity contribution in [2.24, 2.45) is 0 Å². The Morgan fingerprint density at radius 3 is 1.40 bits per heavy atom. The van der Waals surface area contributed by atoms with Crippen LogP contribution in [0.3, 0.4) is 0 Å². The van der Waals surface area contributed by atoms with Gasteiger partial charge >= 0.3 is 22.1 Å². The summed E-state index contributed by atoms with van der Waals surface area (Å²) in [5.41, 5.74) is 0. The van der Waals surface area contributed by atoms with Crippen LogP contribution in [0.1, 0.15) is 13.8 Å². The van der Waals surface area contributed by atoms with Gasteiger partial charge in [0, 0.05) is 0 Å². The summed E-state index contributed by atoms with van der Waals surface area (Å²) in [6.07, 6.45) is 2.00. The Hall–Kier alpha value is 0.553. The van der Waals surface area contributed by atoms with Crippen molar-refractivity contribution in [1.29, 1.82) is 0 Å². The average molecular weight is 127 g/mol. The van der Waals surface area contributed by atoms with Gasteiger partial charge in [-0.2, -0.15) is 13.8 Å². The first-order valence-corrected chi connectivity index (χ1v) is 2.54. The van der Waals surface area contributed by atoms with E-state index in [2.05, 4.69) is 0 Å². The Bertz CT molecular complexity index is 6.85. The monoisotopic (exact) mass is 126 g/mol. The minimum absolute atomic E-state index is 0.125. The van der Waals surface area contributed by atoms with Crippen LogP contribution in [-0.4, -0.2) is 0 Å². The van der Waals surface area contributed by atoms with E-state index in [-0.39, 0.29) is 18.8 Å². The second-order valence-electron chi connectivity index (χ2n) is 0.577. The van der Waals surface area contributed by atoms with E-state index in [1.807, 2.05) is 20.3 Å². The molecule has 0 radical (unpaired) electrons. The first-order chi connectivity index (χ1) is 2.41. The minimum atomic E-state index is -0.125. The Kier molecular flexibility index (Phi) is 43.5. The van der Waals surface area contributed by atoms with Crippen LogP contribution >= 0.6 is 0 Å². The van der Waals surface area contributed by atoms with Gasteiger partial charge < -0.3 is 6.42 Å². The van der Waals surface area contributed by atoms with Crippen molar-refractivity contribution >= 4 is 0 Å². The second-order valence-corrected chi connectivity index (χ2v) is 0.577. The fraction of sp³-hybridized carbons (Fsp3) is 0.667. The SMILES string of the molecule is C[CH-]C.[F][Zn+].